The van der Waals surface area contributed by atoms with Crippen molar-refractivity contribution in [3.05, 3.63) is 66.5 Å². The molecule has 0 saturated heterocycles. The molecular formula is C16H13F2N5O. The smallest absolute Gasteiger partial charge is 0.246 e. The van der Waals surface area contributed by atoms with Crippen LogP contribution in [0.2, 0.25) is 0 Å². The SMILES string of the molecule is O=C(Cn1ccnn1)Nc1ccc(F)cc1Nc1ccccc1F. The molecule has 3 aromatic rings. The second kappa shape index (κ2) is 6.86. The minimum Gasteiger partial charge on any atom is -0.351 e. The first-order valence-corrected chi connectivity index (χ1v) is 7.07. The number of hydrogen-bond acceptors (Lipinski definition) is 4. The highest BCUT2D eigenvalue weighted by atomic mass is 19.1. The van der Waals surface area contributed by atoms with Crippen LogP contribution in [-0.2, 0) is 11.3 Å². The van der Waals surface area contributed by atoms with Crippen molar-refractivity contribution in [3.63, 3.8) is 0 Å². The summed E-state index contributed by atoms with van der Waals surface area (Å²) in [5.74, 6) is -1.37. The van der Waals surface area contributed by atoms with Gasteiger partial charge in [-0.2, -0.15) is 0 Å². The molecule has 1 aromatic heterocycles. The summed E-state index contributed by atoms with van der Waals surface area (Å²) in [5, 5.41) is 12.7. The largest absolute Gasteiger partial charge is 0.351 e. The predicted octanol–water partition coefficient (Wildman–Crippen LogP) is 2.94. The lowest BCUT2D eigenvalue weighted by molar-refractivity contribution is -0.116. The molecule has 0 bridgehead atoms. The molecule has 3 rings (SSSR count). The zero-order valence-electron chi connectivity index (χ0n) is 12.4. The zero-order valence-corrected chi connectivity index (χ0v) is 12.4. The molecule has 0 aliphatic carbocycles. The van der Waals surface area contributed by atoms with Gasteiger partial charge in [-0.25, -0.2) is 13.5 Å². The molecule has 0 fully saturated rings. The van der Waals surface area contributed by atoms with E-state index in [1.807, 2.05) is 0 Å². The van der Waals surface area contributed by atoms with E-state index in [-0.39, 0.29) is 23.8 Å². The van der Waals surface area contributed by atoms with Gasteiger partial charge in [-0.15, -0.1) is 5.10 Å². The highest BCUT2D eigenvalue weighted by Crippen LogP contribution is 2.27. The number of nitrogens with one attached hydrogen (secondary N) is 2. The molecular weight excluding hydrogens is 316 g/mol. The zero-order chi connectivity index (χ0) is 16.9. The minimum atomic E-state index is -0.511. The number of carbonyl (C=O) groups is 1. The third-order valence-electron chi connectivity index (χ3n) is 3.18. The molecule has 122 valence electrons. The van der Waals surface area contributed by atoms with Gasteiger partial charge in [-0.3, -0.25) is 4.79 Å². The number of rotatable bonds is 5. The molecule has 8 heteroatoms. The summed E-state index contributed by atoms with van der Waals surface area (Å²) in [5.41, 5.74) is 0.742. The lowest BCUT2D eigenvalue weighted by atomic mass is 10.2. The molecule has 0 atom stereocenters. The number of halogens is 2. The average molecular weight is 329 g/mol. The van der Waals surface area contributed by atoms with Crippen LogP contribution in [0.1, 0.15) is 0 Å². The quantitative estimate of drug-likeness (QED) is 0.755. The number of benzene rings is 2. The Hall–Kier alpha value is -3.29. The summed E-state index contributed by atoms with van der Waals surface area (Å²) >= 11 is 0. The van der Waals surface area contributed by atoms with Crippen molar-refractivity contribution in [2.45, 2.75) is 6.54 Å². The lowest BCUT2D eigenvalue weighted by Crippen LogP contribution is -2.19. The number of carbonyl (C=O) groups excluding carboxylic acids is 1. The molecule has 0 aliphatic heterocycles. The summed E-state index contributed by atoms with van der Waals surface area (Å²) in [6.07, 6.45) is 3.00. The van der Waals surface area contributed by atoms with Crippen LogP contribution in [0.15, 0.2) is 54.9 Å². The molecule has 0 unspecified atom stereocenters. The molecule has 0 radical (unpaired) electrons. The molecule has 24 heavy (non-hydrogen) atoms. The molecule has 0 saturated carbocycles. The Morgan fingerprint density at radius 2 is 1.92 bits per heavy atom. The highest BCUT2D eigenvalue weighted by molar-refractivity contribution is 5.94. The van der Waals surface area contributed by atoms with E-state index in [9.17, 15) is 13.6 Å². The third kappa shape index (κ3) is 3.72. The van der Waals surface area contributed by atoms with Gasteiger partial charge in [0.1, 0.15) is 18.2 Å². The van der Waals surface area contributed by atoms with Gasteiger partial charge in [0.15, 0.2) is 0 Å². The van der Waals surface area contributed by atoms with E-state index in [2.05, 4.69) is 20.9 Å². The second-order valence-corrected chi connectivity index (χ2v) is 4.94. The first-order chi connectivity index (χ1) is 11.6. The first-order valence-electron chi connectivity index (χ1n) is 7.07. The van der Waals surface area contributed by atoms with Crippen molar-refractivity contribution in [1.29, 1.82) is 0 Å². The summed E-state index contributed by atoms with van der Waals surface area (Å²) < 4.78 is 28.6. The summed E-state index contributed by atoms with van der Waals surface area (Å²) in [6.45, 7) is -0.0451. The van der Waals surface area contributed by atoms with E-state index >= 15 is 0 Å². The fraction of sp³-hybridized carbons (Fsp3) is 0.0625. The third-order valence-corrected chi connectivity index (χ3v) is 3.18. The molecule has 0 spiro atoms. The number of para-hydroxylation sites is 1. The van der Waals surface area contributed by atoms with Crippen LogP contribution in [0.25, 0.3) is 0 Å². The maximum absolute atomic E-state index is 13.8. The van der Waals surface area contributed by atoms with Crippen molar-refractivity contribution >= 4 is 23.0 Å². The molecule has 2 N–H and O–H groups in total. The van der Waals surface area contributed by atoms with Crippen LogP contribution < -0.4 is 10.6 Å². The van der Waals surface area contributed by atoms with Gasteiger partial charge in [-0.05, 0) is 30.3 Å². The summed E-state index contributed by atoms with van der Waals surface area (Å²) in [7, 11) is 0. The Bertz CT molecular complexity index is 851. The van der Waals surface area contributed by atoms with Crippen LogP contribution in [0.5, 0.6) is 0 Å². The molecule has 1 heterocycles. The maximum Gasteiger partial charge on any atom is 0.246 e. The monoisotopic (exact) mass is 329 g/mol. The van der Waals surface area contributed by atoms with Gasteiger partial charge in [0, 0.05) is 6.20 Å². The maximum atomic E-state index is 13.8. The molecule has 1 amide bonds. The number of anilines is 3. The standard InChI is InChI=1S/C16H13F2N5O/c17-11-5-6-14(21-16(24)10-23-8-7-19-22-23)15(9-11)20-13-4-2-1-3-12(13)18/h1-9,20H,10H2,(H,21,24). The van der Waals surface area contributed by atoms with Crippen LogP contribution in [-0.4, -0.2) is 20.9 Å². The Labute approximate surface area is 136 Å². The van der Waals surface area contributed by atoms with Crippen molar-refractivity contribution in [3.8, 4) is 0 Å². The van der Waals surface area contributed by atoms with Crippen molar-refractivity contribution in [2.75, 3.05) is 10.6 Å². The Kier molecular flexibility index (Phi) is 4.46. The van der Waals surface area contributed by atoms with Gasteiger partial charge < -0.3 is 10.6 Å². The number of hydrogen-bond donors (Lipinski definition) is 2. The summed E-state index contributed by atoms with van der Waals surface area (Å²) in [4.78, 5) is 12.0. The van der Waals surface area contributed by atoms with E-state index in [1.54, 1.807) is 18.3 Å². The molecule has 0 aliphatic rings. The molecule has 2 aromatic carbocycles. The van der Waals surface area contributed by atoms with Crippen molar-refractivity contribution in [1.82, 2.24) is 15.0 Å². The minimum absolute atomic E-state index is 0.0451. The van der Waals surface area contributed by atoms with Crippen molar-refractivity contribution < 1.29 is 13.6 Å². The normalized spacial score (nSPS) is 10.4. The average Bonchev–Trinajstić information content (AvgIpc) is 3.05. The highest BCUT2D eigenvalue weighted by Gasteiger charge is 2.11. The fourth-order valence-electron chi connectivity index (χ4n) is 2.09. The number of aromatic nitrogens is 3. The lowest BCUT2D eigenvalue weighted by Gasteiger charge is -2.14. The van der Waals surface area contributed by atoms with E-state index in [0.717, 1.165) is 0 Å². The fourth-order valence-corrected chi connectivity index (χ4v) is 2.09. The van der Waals surface area contributed by atoms with E-state index in [0.29, 0.717) is 5.69 Å². The van der Waals surface area contributed by atoms with E-state index < -0.39 is 11.6 Å². The van der Waals surface area contributed by atoms with Gasteiger partial charge >= 0.3 is 0 Å². The Morgan fingerprint density at radius 3 is 2.67 bits per heavy atom. The van der Waals surface area contributed by atoms with E-state index in [4.69, 9.17) is 0 Å². The van der Waals surface area contributed by atoms with Gasteiger partial charge in [0.25, 0.3) is 0 Å². The predicted molar refractivity (Wildman–Crippen MR) is 84.7 cm³/mol. The second-order valence-electron chi connectivity index (χ2n) is 4.94. The van der Waals surface area contributed by atoms with Crippen LogP contribution in [0.4, 0.5) is 25.8 Å². The van der Waals surface area contributed by atoms with Gasteiger partial charge in [0.05, 0.1) is 23.3 Å². The molecule has 6 nitrogen and oxygen atoms in total. The van der Waals surface area contributed by atoms with Crippen LogP contribution in [0.3, 0.4) is 0 Å². The van der Waals surface area contributed by atoms with Crippen LogP contribution >= 0.6 is 0 Å². The first kappa shape index (κ1) is 15.6. The van der Waals surface area contributed by atoms with Gasteiger partial charge in [-0.1, -0.05) is 17.3 Å². The summed E-state index contributed by atoms with van der Waals surface area (Å²) in [6, 6.07) is 9.78. The van der Waals surface area contributed by atoms with Crippen LogP contribution in [0, 0.1) is 11.6 Å². The number of amides is 1. The topological polar surface area (TPSA) is 71.8 Å². The Morgan fingerprint density at radius 1 is 1.08 bits per heavy atom. The van der Waals surface area contributed by atoms with Crippen molar-refractivity contribution in [2.24, 2.45) is 0 Å². The van der Waals surface area contributed by atoms with Gasteiger partial charge in [0.2, 0.25) is 5.91 Å². The number of nitrogens with zero attached hydrogens (tertiary/aromatic N) is 3. The van der Waals surface area contributed by atoms with E-state index in [1.165, 1.54) is 41.2 Å². The Balaban J connectivity index is 1.80.